The number of fused-ring (bicyclic) bond motifs is 1. The van der Waals surface area contributed by atoms with Crippen molar-refractivity contribution in [3.8, 4) is 0 Å². The number of benzene rings is 1. The van der Waals surface area contributed by atoms with Crippen LogP contribution in [0.15, 0.2) is 30.6 Å². The summed E-state index contributed by atoms with van der Waals surface area (Å²) >= 11 is 0. The van der Waals surface area contributed by atoms with Crippen LogP contribution in [0.25, 0.3) is 11.2 Å². The lowest BCUT2D eigenvalue weighted by Gasteiger charge is -2.26. The number of hydrogen-bond acceptors (Lipinski definition) is 6. The highest BCUT2D eigenvalue weighted by molar-refractivity contribution is 5.84. The van der Waals surface area contributed by atoms with Crippen molar-refractivity contribution in [2.75, 3.05) is 10.6 Å². The monoisotopic (exact) mass is 488 g/mol. The Bertz CT molecular complexity index is 1150. The molecule has 2 fully saturated rings. The van der Waals surface area contributed by atoms with Gasteiger partial charge in [-0.25, -0.2) is 4.98 Å². The Hall–Kier alpha value is -2.88. The molecule has 3 aromatic rings. The molecule has 2 aromatic heterocycles. The number of aliphatic hydroxyl groups excluding tert-OH is 1. The standard InChI is InChI=1S/C25H31F3N6O/c26-25(27,28)17-6-4-5-16(13-17)14-29-22-21-23(34(15-30-21)19-7-2-1-3-8-19)33-24(32-22)31-18-9-11-20(35)12-10-18/h4-6,13,15,18-20,35H,1-3,7-12,14H2,(H2,29,31,32,33). The van der Waals surface area contributed by atoms with Crippen molar-refractivity contribution in [3.05, 3.63) is 41.7 Å². The molecule has 2 aliphatic carbocycles. The van der Waals surface area contributed by atoms with Gasteiger partial charge in [-0.3, -0.25) is 0 Å². The van der Waals surface area contributed by atoms with Gasteiger partial charge < -0.3 is 20.3 Å². The number of anilines is 2. The second-order valence-corrected chi connectivity index (χ2v) is 9.71. The van der Waals surface area contributed by atoms with Crippen molar-refractivity contribution in [2.45, 2.75) is 88.7 Å². The minimum Gasteiger partial charge on any atom is -0.393 e. The second kappa shape index (κ2) is 10.0. The normalized spacial score (nSPS) is 21.8. The molecular formula is C25H31F3N6O. The summed E-state index contributed by atoms with van der Waals surface area (Å²) in [5.74, 6) is 0.975. The Kier molecular flexibility index (Phi) is 6.82. The van der Waals surface area contributed by atoms with Gasteiger partial charge in [0.2, 0.25) is 5.95 Å². The first kappa shape index (κ1) is 23.8. The SMILES string of the molecule is OC1CCC(Nc2nc(NCc3cccc(C(F)(F)F)c3)c3ncn(C4CCCCC4)c3n2)CC1. The molecule has 0 amide bonds. The van der Waals surface area contributed by atoms with Crippen molar-refractivity contribution in [3.63, 3.8) is 0 Å². The summed E-state index contributed by atoms with van der Waals surface area (Å²) in [6.45, 7) is 0.182. The Morgan fingerprint density at radius 1 is 1.00 bits per heavy atom. The Morgan fingerprint density at radius 3 is 2.51 bits per heavy atom. The average molecular weight is 489 g/mol. The fourth-order valence-corrected chi connectivity index (χ4v) is 5.18. The molecule has 2 aliphatic rings. The first-order valence-corrected chi connectivity index (χ1v) is 12.5. The zero-order chi connectivity index (χ0) is 24.4. The quantitative estimate of drug-likeness (QED) is 0.414. The number of nitrogens with zero attached hydrogens (tertiary/aromatic N) is 4. The minimum absolute atomic E-state index is 0.165. The van der Waals surface area contributed by atoms with E-state index in [1.54, 1.807) is 6.07 Å². The molecule has 0 spiro atoms. The van der Waals surface area contributed by atoms with Crippen LogP contribution < -0.4 is 10.6 Å². The number of nitrogens with one attached hydrogen (secondary N) is 2. The van der Waals surface area contributed by atoms with Crippen molar-refractivity contribution in [2.24, 2.45) is 0 Å². The van der Waals surface area contributed by atoms with Gasteiger partial charge in [-0.1, -0.05) is 31.4 Å². The topological polar surface area (TPSA) is 87.9 Å². The third-order valence-corrected chi connectivity index (χ3v) is 7.13. The van der Waals surface area contributed by atoms with Crippen LogP contribution in [-0.2, 0) is 12.7 Å². The van der Waals surface area contributed by atoms with Crippen LogP contribution in [0.3, 0.4) is 0 Å². The highest BCUT2D eigenvalue weighted by Crippen LogP contribution is 2.33. The number of alkyl halides is 3. The summed E-state index contributed by atoms with van der Waals surface area (Å²) in [4.78, 5) is 14.1. The third-order valence-electron chi connectivity index (χ3n) is 7.13. The smallest absolute Gasteiger partial charge is 0.393 e. The van der Waals surface area contributed by atoms with Crippen molar-refractivity contribution < 1.29 is 18.3 Å². The molecule has 10 heteroatoms. The van der Waals surface area contributed by atoms with Crippen LogP contribution in [0, 0.1) is 0 Å². The van der Waals surface area contributed by atoms with E-state index in [0.29, 0.717) is 28.9 Å². The minimum atomic E-state index is -4.39. The third kappa shape index (κ3) is 5.52. The van der Waals surface area contributed by atoms with Crippen LogP contribution in [0.5, 0.6) is 0 Å². The Balaban J connectivity index is 1.43. The molecular weight excluding hydrogens is 457 g/mol. The molecule has 5 rings (SSSR count). The molecule has 3 N–H and O–H groups in total. The van der Waals surface area contributed by atoms with Crippen LogP contribution in [0.4, 0.5) is 24.9 Å². The Labute approximate surface area is 202 Å². The van der Waals surface area contributed by atoms with Gasteiger partial charge in [-0.2, -0.15) is 23.1 Å². The van der Waals surface area contributed by atoms with E-state index >= 15 is 0 Å². The van der Waals surface area contributed by atoms with E-state index in [1.807, 2.05) is 6.33 Å². The maximum atomic E-state index is 13.1. The van der Waals surface area contributed by atoms with E-state index in [1.165, 1.54) is 25.3 Å². The first-order valence-electron chi connectivity index (χ1n) is 12.5. The van der Waals surface area contributed by atoms with Gasteiger partial charge in [-0.15, -0.1) is 0 Å². The molecule has 0 saturated heterocycles. The molecule has 188 valence electrons. The number of rotatable bonds is 6. The molecule has 0 unspecified atom stereocenters. The maximum absolute atomic E-state index is 13.1. The van der Waals surface area contributed by atoms with Crippen LogP contribution in [0.2, 0.25) is 0 Å². The fraction of sp³-hybridized carbons (Fsp3) is 0.560. The van der Waals surface area contributed by atoms with Gasteiger partial charge in [0.25, 0.3) is 0 Å². The van der Waals surface area contributed by atoms with Gasteiger partial charge in [0.05, 0.1) is 18.0 Å². The lowest BCUT2D eigenvalue weighted by Crippen LogP contribution is -2.29. The fourth-order valence-electron chi connectivity index (χ4n) is 5.18. The van der Waals surface area contributed by atoms with Gasteiger partial charge in [0.15, 0.2) is 17.0 Å². The summed E-state index contributed by atoms with van der Waals surface area (Å²) in [5, 5.41) is 16.5. The Morgan fingerprint density at radius 2 is 1.77 bits per heavy atom. The van der Waals surface area contributed by atoms with E-state index in [0.717, 1.165) is 56.3 Å². The second-order valence-electron chi connectivity index (χ2n) is 9.71. The molecule has 35 heavy (non-hydrogen) atoms. The van der Waals surface area contributed by atoms with Crippen molar-refractivity contribution in [1.82, 2.24) is 19.5 Å². The van der Waals surface area contributed by atoms with Gasteiger partial charge in [0, 0.05) is 18.6 Å². The van der Waals surface area contributed by atoms with Gasteiger partial charge in [-0.05, 0) is 56.2 Å². The zero-order valence-electron chi connectivity index (χ0n) is 19.6. The molecule has 0 aliphatic heterocycles. The number of aromatic nitrogens is 4. The predicted octanol–water partition coefficient (Wildman–Crippen LogP) is 5.68. The van der Waals surface area contributed by atoms with E-state index in [4.69, 9.17) is 4.98 Å². The van der Waals surface area contributed by atoms with Crippen molar-refractivity contribution in [1.29, 1.82) is 0 Å². The zero-order valence-corrected chi connectivity index (χ0v) is 19.6. The molecule has 7 nitrogen and oxygen atoms in total. The number of imidazole rings is 1. The first-order chi connectivity index (χ1) is 16.9. The number of hydrogen-bond donors (Lipinski definition) is 3. The molecule has 2 saturated carbocycles. The lowest BCUT2D eigenvalue weighted by atomic mass is 9.93. The van der Waals surface area contributed by atoms with E-state index in [-0.39, 0.29) is 18.7 Å². The van der Waals surface area contributed by atoms with Crippen LogP contribution in [-0.4, -0.2) is 36.8 Å². The summed E-state index contributed by atoms with van der Waals surface area (Å²) < 4.78 is 41.5. The average Bonchev–Trinajstić information content (AvgIpc) is 3.28. The molecule has 2 heterocycles. The molecule has 0 atom stereocenters. The number of halogens is 3. The summed E-state index contributed by atoms with van der Waals surface area (Å²) in [6.07, 6.45) is 6.04. The van der Waals surface area contributed by atoms with Gasteiger partial charge in [0.1, 0.15) is 0 Å². The maximum Gasteiger partial charge on any atom is 0.416 e. The highest BCUT2D eigenvalue weighted by Gasteiger charge is 2.30. The van der Waals surface area contributed by atoms with Crippen LogP contribution in [0.1, 0.15) is 75.0 Å². The molecule has 1 aromatic carbocycles. The summed E-state index contributed by atoms with van der Waals surface area (Å²) in [5.41, 5.74) is 1.19. The predicted molar refractivity (Wildman–Crippen MR) is 128 cm³/mol. The van der Waals surface area contributed by atoms with E-state index in [2.05, 4.69) is 25.2 Å². The van der Waals surface area contributed by atoms with Crippen molar-refractivity contribution >= 4 is 22.9 Å². The lowest BCUT2D eigenvalue weighted by molar-refractivity contribution is -0.137. The van der Waals surface area contributed by atoms with E-state index in [9.17, 15) is 18.3 Å². The summed E-state index contributed by atoms with van der Waals surface area (Å²) in [6, 6.07) is 5.79. The highest BCUT2D eigenvalue weighted by atomic mass is 19.4. The van der Waals surface area contributed by atoms with Gasteiger partial charge >= 0.3 is 6.18 Å². The molecule has 0 radical (unpaired) electrons. The van der Waals surface area contributed by atoms with Crippen LogP contribution >= 0.6 is 0 Å². The largest absolute Gasteiger partial charge is 0.416 e. The summed E-state index contributed by atoms with van der Waals surface area (Å²) in [7, 11) is 0. The number of aliphatic hydroxyl groups is 1. The van der Waals surface area contributed by atoms with E-state index < -0.39 is 11.7 Å². The molecule has 0 bridgehead atoms.